The maximum absolute atomic E-state index is 10.9. The second-order valence-corrected chi connectivity index (χ2v) is 8.79. The predicted molar refractivity (Wildman–Crippen MR) is 136 cm³/mol. The van der Waals surface area contributed by atoms with E-state index in [9.17, 15) is 15.0 Å². The molecule has 34 heavy (non-hydrogen) atoms. The zero-order chi connectivity index (χ0) is 24.4. The summed E-state index contributed by atoms with van der Waals surface area (Å²) < 4.78 is 1.64. The molecule has 0 saturated carbocycles. The van der Waals surface area contributed by atoms with Crippen LogP contribution in [0.25, 0.3) is 22.0 Å². The lowest BCUT2D eigenvalue weighted by Gasteiger charge is -2.09. The smallest absolute Gasteiger partial charge is 0.303 e. The molecule has 0 aliphatic heterocycles. The summed E-state index contributed by atoms with van der Waals surface area (Å²) in [5, 5.41) is 32.1. The van der Waals surface area contributed by atoms with Crippen molar-refractivity contribution in [3.63, 3.8) is 0 Å². The van der Waals surface area contributed by atoms with Gasteiger partial charge in [-0.3, -0.25) is 9.79 Å². The minimum atomic E-state index is -0.894. The number of fused-ring (bicyclic) bond motifs is 1. The Morgan fingerprint density at radius 1 is 1.06 bits per heavy atom. The summed E-state index contributed by atoms with van der Waals surface area (Å²) in [5.41, 5.74) is 5.30. The average molecular weight is 477 g/mol. The highest BCUT2D eigenvalue weighted by Crippen LogP contribution is 2.38. The summed E-state index contributed by atoms with van der Waals surface area (Å²) in [6.07, 6.45) is 1.86. The number of halogens is 1. The molecular formula is C27H25ClN2O4. The van der Waals surface area contributed by atoms with Gasteiger partial charge in [0.15, 0.2) is 0 Å². The fourth-order valence-corrected chi connectivity index (χ4v) is 4.38. The summed E-state index contributed by atoms with van der Waals surface area (Å²) in [4.78, 5) is 15.4. The molecule has 174 valence electrons. The highest BCUT2D eigenvalue weighted by Gasteiger charge is 2.17. The standard InChI is InChI=1S/C27H25ClN2O4/c1-16-11-17(2)13-18(12-16)20-5-3-6-23(26(20)33)29-15-22-21-9-8-19(28)14-24(21)30(27(22)34)10-4-7-25(31)32/h3,5-6,8-9,11-15,33-34H,4,7,10H2,1-2H3,(H,31,32). The van der Waals surface area contributed by atoms with E-state index in [1.54, 1.807) is 28.8 Å². The van der Waals surface area contributed by atoms with E-state index >= 15 is 0 Å². The number of carboxylic acid groups (broad SMARTS) is 1. The quantitative estimate of drug-likeness (QED) is 0.262. The molecule has 3 aromatic carbocycles. The molecule has 0 radical (unpaired) electrons. The lowest BCUT2D eigenvalue weighted by molar-refractivity contribution is -0.137. The predicted octanol–water partition coefficient (Wildman–Crippen LogP) is 6.61. The molecule has 3 N–H and O–H groups in total. The van der Waals surface area contributed by atoms with Crippen molar-refractivity contribution in [1.82, 2.24) is 4.57 Å². The molecule has 1 aromatic heterocycles. The summed E-state index contributed by atoms with van der Waals surface area (Å²) >= 11 is 6.17. The highest BCUT2D eigenvalue weighted by molar-refractivity contribution is 6.31. The zero-order valence-electron chi connectivity index (χ0n) is 18.9. The van der Waals surface area contributed by atoms with E-state index in [1.165, 1.54) is 6.21 Å². The van der Waals surface area contributed by atoms with Crippen molar-refractivity contribution in [2.24, 2.45) is 4.99 Å². The fourth-order valence-electron chi connectivity index (χ4n) is 4.21. The normalized spacial score (nSPS) is 11.5. The Morgan fingerprint density at radius 2 is 1.79 bits per heavy atom. The maximum atomic E-state index is 10.9. The van der Waals surface area contributed by atoms with Gasteiger partial charge in [0.05, 0.1) is 11.1 Å². The molecule has 0 atom stereocenters. The van der Waals surface area contributed by atoms with E-state index in [4.69, 9.17) is 16.7 Å². The van der Waals surface area contributed by atoms with Crippen LogP contribution in [-0.2, 0) is 11.3 Å². The van der Waals surface area contributed by atoms with Gasteiger partial charge in [-0.2, -0.15) is 0 Å². The first-order valence-electron chi connectivity index (χ1n) is 10.9. The van der Waals surface area contributed by atoms with E-state index < -0.39 is 5.97 Å². The van der Waals surface area contributed by atoms with Gasteiger partial charge in [-0.25, -0.2) is 0 Å². The number of aromatic hydroxyl groups is 2. The minimum absolute atomic E-state index is 0.0117. The van der Waals surface area contributed by atoms with Crippen molar-refractivity contribution in [3.8, 4) is 22.8 Å². The molecule has 0 saturated heterocycles. The van der Waals surface area contributed by atoms with Crippen molar-refractivity contribution >= 4 is 40.4 Å². The number of para-hydroxylation sites is 1. The van der Waals surface area contributed by atoms with Crippen molar-refractivity contribution < 1.29 is 20.1 Å². The summed E-state index contributed by atoms with van der Waals surface area (Å²) in [6, 6.07) is 16.7. The van der Waals surface area contributed by atoms with Crippen LogP contribution in [0.5, 0.6) is 11.6 Å². The first kappa shape index (κ1) is 23.4. The van der Waals surface area contributed by atoms with Gasteiger partial charge >= 0.3 is 5.97 Å². The lowest BCUT2D eigenvalue weighted by Crippen LogP contribution is -2.01. The second kappa shape index (κ2) is 9.61. The number of carbonyl (C=O) groups is 1. The Balaban J connectivity index is 1.74. The number of hydrogen-bond acceptors (Lipinski definition) is 4. The van der Waals surface area contributed by atoms with E-state index in [0.717, 1.165) is 22.1 Å². The summed E-state index contributed by atoms with van der Waals surface area (Å²) in [7, 11) is 0. The van der Waals surface area contributed by atoms with Crippen LogP contribution in [0, 0.1) is 13.8 Å². The number of carboxylic acids is 1. The van der Waals surface area contributed by atoms with E-state index in [0.29, 0.717) is 40.3 Å². The van der Waals surface area contributed by atoms with Crippen LogP contribution in [0.4, 0.5) is 5.69 Å². The van der Waals surface area contributed by atoms with E-state index in [1.807, 2.05) is 38.1 Å². The molecule has 0 aliphatic carbocycles. The molecule has 0 bridgehead atoms. The first-order valence-corrected chi connectivity index (χ1v) is 11.3. The van der Waals surface area contributed by atoms with Gasteiger partial charge in [0.1, 0.15) is 11.4 Å². The van der Waals surface area contributed by atoms with Crippen LogP contribution in [-0.4, -0.2) is 32.1 Å². The van der Waals surface area contributed by atoms with Gasteiger partial charge in [-0.1, -0.05) is 59.1 Å². The van der Waals surface area contributed by atoms with Crippen LogP contribution in [0.2, 0.25) is 5.02 Å². The number of rotatable bonds is 7. The highest BCUT2D eigenvalue weighted by atomic mass is 35.5. The molecule has 7 heteroatoms. The largest absolute Gasteiger partial charge is 0.505 e. The van der Waals surface area contributed by atoms with Crippen LogP contribution in [0.15, 0.2) is 59.6 Å². The van der Waals surface area contributed by atoms with Crippen molar-refractivity contribution in [3.05, 3.63) is 76.3 Å². The van der Waals surface area contributed by atoms with Crippen molar-refractivity contribution in [2.45, 2.75) is 33.2 Å². The molecule has 0 amide bonds. The number of aryl methyl sites for hydroxylation is 3. The number of aliphatic carboxylic acids is 1. The molecular weight excluding hydrogens is 452 g/mol. The Bertz CT molecular complexity index is 1400. The molecule has 6 nitrogen and oxygen atoms in total. The van der Waals surface area contributed by atoms with E-state index in [2.05, 4.69) is 11.1 Å². The third-order valence-corrected chi connectivity index (χ3v) is 5.92. The Labute approximate surface area is 202 Å². The van der Waals surface area contributed by atoms with Gasteiger partial charge in [0.2, 0.25) is 5.88 Å². The second-order valence-electron chi connectivity index (χ2n) is 8.36. The number of nitrogens with zero attached hydrogens (tertiary/aromatic N) is 2. The minimum Gasteiger partial charge on any atom is -0.505 e. The molecule has 4 rings (SSSR count). The van der Waals surface area contributed by atoms with Gasteiger partial charge in [-0.05, 0) is 44.0 Å². The van der Waals surface area contributed by atoms with E-state index in [-0.39, 0.29) is 18.1 Å². The third kappa shape index (κ3) is 4.77. The number of phenols is 1. The number of benzene rings is 3. The number of phenolic OH excluding ortho intramolecular Hbond substituents is 1. The topological polar surface area (TPSA) is 95.1 Å². The molecule has 4 aromatic rings. The van der Waals surface area contributed by atoms with Crippen LogP contribution in [0.1, 0.15) is 29.5 Å². The number of aliphatic imine (C=N–C) groups is 1. The summed E-state index contributed by atoms with van der Waals surface area (Å²) in [5.74, 6) is -0.872. The first-order chi connectivity index (χ1) is 16.2. The van der Waals surface area contributed by atoms with Gasteiger partial charge in [-0.15, -0.1) is 0 Å². The fraction of sp³-hybridized carbons (Fsp3) is 0.185. The monoisotopic (exact) mass is 476 g/mol. The van der Waals surface area contributed by atoms with Crippen LogP contribution >= 0.6 is 11.6 Å². The van der Waals surface area contributed by atoms with Gasteiger partial charge in [0.25, 0.3) is 0 Å². The molecule has 0 aliphatic rings. The van der Waals surface area contributed by atoms with Crippen LogP contribution in [0.3, 0.4) is 0 Å². The molecule has 0 spiro atoms. The molecule has 1 heterocycles. The number of hydrogen-bond donors (Lipinski definition) is 3. The van der Waals surface area contributed by atoms with Gasteiger partial charge < -0.3 is 19.9 Å². The molecule has 0 unspecified atom stereocenters. The lowest BCUT2D eigenvalue weighted by atomic mass is 9.99. The zero-order valence-corrected chi connectivity index (χ0v) is 19.7. The summed E-state index contributed by atoms with van der Waals surface area (Å²) in [6.45, 7) is 4.34. The van der Waals surface area contributed by atoms with Gasteiger partial charge in [0, 0.05) is 35.2 Å². The van der Waals surface area contributed by atoms with Crippen LogP contribution < -0.4 is 0 Å². The Kier molecular flexibility index (Phi) is 6.61. The average Bonchev–Trinajstić information content (AvgIpc) is 3.02. The maximum Gasteiger partial charge on any atom is 0.303 e. The number of aromatic nitrogens is 1. The Morgan fingerprint density at radius 3 is 2.50 bits per heavy atom. The van der Waals surface area contributed by atoms with Crippen molar-refractivity contribution in [1.29, 1.82) is 0 Å². The molecule has 0 fully saturated rings. The Hall–Kier alpha value is -3.77. The third-order valence-electron chi connectivity index (χ3n) is 5.69. The van der Waals surface area contributed by atoms with Crippen molar-refractivity contribution in [2.75, 3.05) is 0 Å². The SMILES string of the molecule is Cc1cc(C)cc(-c2cccc(N=Cc3c(O)n(CCCC(=O)O)c4cc(Cl)ccc34)c2O)c1.